The smallest absolute Gasteiger partial charge is 0.266 e. The van der Waals surface area contributed by atoms with Crippen LogP contribution in [-0.2, 0) is 0 Å². The van der Waals surface area contributed by atoms with Gasteiger partial charge in [0.05, 0.1) is 24.2 Å². The second kappa shape index (κ2) is 7.16. The van der Waals surface area contributed by atoms with Crippen molar-refractivity contribution < 1.29 is 23.0 Å². The van der Waals surface area contributed by atoms with Gasteiger partial charge in [-0.05, 0) is 13.0 Å². The summed E-state index contributed by atoms with van der Waals surface area (Å²) >= 11 is 0. The average Bonchev–Trinajstić information content (AvgIpc) is 3.16. The lowest BCUT2D eigenvalue weighted by Crippen LogP contribution is -2.12. The highest BCUT2D eigenvalue weighted by Gasteiger charge is 2.21. The first-order valence-electron chi connectivity index (χ1n) is 8.77. The molecule has 0 radical (unpaired) electrons. The van der Waals surface area contributed by atoms with Gasteiger partial charge < -0.3 is 15.2 Å². The molecular formula is C20H17F3N4O2. The minimum atomic E-state index is -2.91. The topological polar surface area (TPSA) is 71.7 Å². The van der Waals surface area contributed by atoms with Gasteiger partial charge in [0.15, 0.2) is 11.5 Å². The Morgan fingerprint density at radius 1 is 1.21 bits per heavy atom. The fourth-order valence-corrected chi connectivity index (χ4v) is 3.30. The van der Waals surface area contributed by atoms with Crippen LogP contribution in [0.4, 0.5) is 19.0 Å². The maximum absolute atomic E-state index is 14.5. The molecule has 0 amide bonds. The summed E-state index contributed by atoms with van der Waals surface area (Å²) in [6, 6.07) is 6.32. The molecule has 0 aliphatic carbocycles. The molecule has 29 heavy (non-hydrogen) atoms. The Labute approximate surface area is 163 Å². The van der Waals surface area contributed by atoms with Gasteiger partial charge in [0.2, 0.25) is 5.78 Å². The molecule has 0 unspecified atom stereocenters. The molecule has 2 heterocycles. The zero-order valence-corrected chi connectivity index (χ0v) is 15.5. The van der Waals surface area contributed by atoms with Crippen LogP contribution >= 0.6 is 0 Å². The maximum Gasteiger partial charge on any atom is 0.266 e. The molecule has 0 saturated heterocycles. The number of aromatic nitrogens is 3. The minimum Gasteiger partial charge on any atom is -0.504 e. The predicted molar refractivity (Wildman–Crippen MR) is 102 cm³/mol. The Morgan fingerprint density at radius 3 is 2.69 bits per heavy atom. The van der Waals surface area contributed by atoms with Crippen LogP contribution in [0.25, 0.3) is 16.7 Å². The van der Waals surface area contributed by atoms with E-state index in [0.29, 0.717) is 22.5 Å². The molecule has 4 aromatic rings. The van der Waals surface area contributed by atoms with Crippen molar-refractivity contribution in [3.05, 3.63) is 59.7 Å². The van der Waals surface area contributed by atoms with E-state index in [9.17, 15) is 18.3 Å². The largest absolute Gasteiger partial charge is 0.504 e. The number of aromatic hydroxyl groups is 1. The number of nitrogens with zero attached hydrogens (tertiary/aromatic N) is 3. The summed E-state index contributed by atoms with van der Waals surface area (Å²) in [7, 11) is 1.44. The number of anilines is 1. The number of alkyl halides is 2. The van der Waals surface area contributed by atoms with E-state index >= 15 is 0 Å². The van der Waals surface area contributed by atoms with Gasteiger partial charge in [-0.2, -0.15) is 4.98 Å². The summed E-state index contributed by atoms with van der Waals surface area (Å²) < 4.78 is 47.5. The summed E-state index contributed by atoms with van der Waals surface area (Å²) in [4.78, 5) is 8.61. The molecule has 0 bridgehead atoms. The number of halogens is 3. The van der Waals surface area contributed by atoms with Crippen LogP contribution in [0.5, 0.6) is 11.5 Å². The number of methoxy groups -OCH3 is 1. The van der Waals surface area contributed by atoms with Crippen molar-refractivity contribution in [1.82, 2.24) is 14.4 Å². The number of phenolic OH excluding ortho intramolecular Hbond substituents is 1. The molecule has 0 fully saturated rings. The van der Waals surface area contributed by atoms with Gasteiger partial charge in [0.25, 0.3) is 6.43 Å². The third-order valence-corrected chi connectivity index (χ3v) is 4.76. The molecule has 2 aromatic heterocycles. The van der Waals surface area contributed by atoms with Crippen molar-refractivity contribution in [2.45, 2.75) is 19.4 Å². The van der Waals surface area contributed by atoms with Crippen LogP contribution in [0.1, 0.15) is 30.5 Å². The summed E-state index contributed by atoms with van der Waals surface area (Å²) in [5.41, 5.74) is 0.0809. The lowest BCUT2D eigenvalue weighted by atomic mass is 10.0. The van der Waals surface area contributed by atoms with Crippen molar-refractivity contribution in [1.29, 1.82) is 0 Å². The molecule has 2 aromatic carbocycles. The van der Waals surface area contributed by atoms with E-state index in [-0.39, 0.29) is 17.1 Å². The van der Waals surface area contributed by atoms with Gasteiger partial charge in [0.1, 0.15) is 11.6 Å². The van der Waals surface area contributed by atoms with Crippen molar-refractivity contribution in [3.63, 3.8) is 0 Å². The van der Waals surface area contributed by atoms with Crippen LogP contribution in [-0.4, -0.2) is 26.6 Å². The number of benzene rings is 2. The molecule has 1 atom stereocenters. The Morgan fingerprint density at radius 2 is 1.97 bits per heavy atom. The average molecular weight is 402 g/mol. The van der Waals surface area contributed by atoms with Crippen molar-refractivity contribution in [2.75, 3.05) is 12.4 Å². The highest BCUT2D eigenvalue weighted by atomic mass is 19.3. The maximum atomic E-state index is 14.5. The molecule has 0 spiro atoms. The van der Waals surface area contributed by atoms with E-state index < -0.39 is 23.8 Å². The highest BCUT2D eigenvalue weighted by molar-refractivity contribution is 5.93. The standard InChI is InChI=1S/C20H17F3N4O2/c1-10(11-4-3-5-12(17(11)21)18(22)23)25-19-13-8-15(28)16(29-2)9-14(13)27-7-6-24-20(27)26-19/h3-10,18,28H,1-2H3,(H,24,25,26)/t10-/m1/s1. The molecule has 2 N–H and O–H groups in total. The normalized spacial score (nSPS) is 12.6. The van der Waals surface area contributed by atoms with Crippen LogP contribution < -0.4 is 10.1 Å². The fourth-order valence-electron chi connectivity index (χ4n) is 3.30. The van der Waals surface area contributed by atoms with E-state index in [1.165, 1.54) is 25.3 Å². The summed E-state index contributed by atoms with van der Waals surface area (Å²) in [6.07, 6.45) is 0.368. The summed E-state index contributed by atoms with van der Waals surface area (Å²) in [5, 5.41) is 13.8. The highest BCUT2D eigenvalue weighted by Crippen LogP contribution is 2.36. The molecule has 0 aliphatic heterocycles. The Balaban J connectivity index is 1.83. The number of nitrogens with one attached hydrogen (secondary N) is 1. The van der Waals surface area contributed by atoms with Gasteiger partial charge in [-0.15, -0.1) is 0 Å². The van der Waals surface area contributed by atoms with E-state index in [2.05, 4.69) is 15.3 Å². The summed E-state index contributed by atoms with van der Waals surface area (Å²) in [5.74, 6) is -0.0813. The van der Waals surface area contributed by atoms with Gasteiger partial charge in [-0.1, -0.05) is 18.2 Å². The Bertz CT molecular complexity index is 1210. The SMILES string of the molecule is COc1cc2c(cc1O)c(N[C@H](C)c1cccc(C(F)F)c1F)nc1nccn12. The van der Waals surface area contributed by atoms with Crippen LogP contribution in [0.15, 0.2) is 42.7 Å². The molecule has 0 saturated carbocycles. The second-order valence-corrected chi connectivity index (χ2v) is 6.52. The van der Waals surface area contributed by atoms with Crippen LogP contribution in [0.3, 0.4) is 0 Å². The predicted octanol–water partition coefficient (Wildman–Crippen LogP) is 4.85. The van der Waals surface area contributed by atoms with Crippen molar-refractivity contribution in [3.8, 4) is 11.5 Å². The van der Waals surface area contributed by atoms with Gasteiger partial charge in [0, 0.05) is 29.4 Å². The number of imidazole rings is 1. The molecule has 0 aliphatic rings. The van der Waals surface area contributed by atoms with Crippen molar-refractivity contribution >= 4 is 22.5 Å². The third kappa shape index (κ3) is 3.18. The Hall–Kier alpha value is -3.49. The first kappa shape index (κ1) is 18.9. The zero-order chi connectivity index (χ0) is 20.7. The second-order valence-electron chi connectivity index (χ2n) is 6.52. The Kier molecular flexibility index (Phi) is 4.65. The number of hydrogen-bond acceptors (Lipinski definition) is 5. The number of rotatable bonds is 5. The quantitative estimate of drug-likeness (QED) is 0.500. The first-order valence-corrected chi connectivity index (χ1v) is 8.77. The van der Waals surface area contributed by atoms with Gasteiger partial charge in [-0.3, -0.25) is 4.40 Å². The number of ether oxygens (including phenoxy) is 1. The molecule has 6 nitrogen and oxygen atoms in total. The summed E-state index contributed by atoms with van der Waals surface area (Å²) in [6.45, 7) is 1.64. The van der Waals surface area contributed by atoms with E-state index in [0.717, 1.165) is 6.07 Å². The molecule has 150 valence electrons. The number of phenols is 1. The molecule has 9 heteroatoms. The number of hydrogen-bond donors (Lipinski definition) is 2. The fraction of sp³-hybridized carbons (Fsp3) is 0.200. The van der Waals surface area contributed by atoms with Crippen molar-refractivity contribution in [2.24, 2.45) is 0 Å². The first-order chi connectivity index (χ1) is 13.9. The monoisotopic (exact) mass is 402 g/mol. The van der Waals surface area contributed by atoms with E-state index in [4.69, 9.17) is 4.74 Å². The minimum absolute atomic E-state index is 0.0821. The lowest BCUT2D eigenvalue weighted by molar-refractivity contribution is 0.146. The van der Waals surface area contributed by atoms with Gasteiger partial charge in [-0.25, -0.2) is 18.2 Å². The van der Waals surface area contributed by atoms with Crippen LogP contribution in [0, 0.1) is 5.82 Å². The number of fused-ring (bicyclic) bond motifs is 3. The van der Waals surface area contributed by atoms with E-state index in [1.807, 2.05) is 0 Å². The van der Waals surface area contributed by atoms with E-state index in [1.54, 1.807) is 29.8 Å². The van der Waals surface area contributed by atoms with Gasteiger partial charge >= 0.3 is 0 Å². The lowest BCUT2D eigenvalue weighted by Gasteiger charge is -2.19. The molecule has 4 rings (SSSR count). The molecular weight excluding hydrogens is 385 g/mol. The third-order valence-electron chi connectivity index (χ3n) is 4.76. The zero-order valence-electron chi connectivity index (χ0n) is 15.5. The van der Waals surface area contributed by atoms with Crippen LogP contribution in [0.2, 0.25) is 0 Å².